The fraction of sp³-hybridized carbons (Fsp3) is 0.308. The molecule has 0 radical (unpaired) electrons. The Morgan fingerprint density at radius 3 is 3.06 bits per heavy atom. The zero-order chi connectivity index (χ0) is 13.1. The molecule has 0 amide bonds. The van der Waals surface area contributed by atoms with E-state index in [1.165, 1.54) is 17.8 Å². The molecule has 0 saturated carbocycles. The summed E-state index contributed by atoms with van der Waals surface area (Å²) in [5.74, 6) is -0.353. The van der Waals surface area contributed by atoms with Crippen molar-refractivity contribution >= 4 is 28.4 Å². The Hall–Kier alpha value is -1.33. The third-order valence-electron chi connectivity index (χ3n) is 2.69. The van der Waals surface area contributed by atoms with Gasteiger partial charge in [0.15, 0.2) is 0 Å². The van der Waals surface area contributed by atoms with Gasteiger partial charge in [-0.3, -0.25) is 4.98 Å². The van der Waals surface area contributed by atoms with Crippen molar-refractivity contribution < 1.29 is 9.50 Å². The molecule has 0 saturated heterocycles. The number of nitrogen functional groups attached to an aromatic ring is 1. The maximum absolute atomic E-state index is 14.0. The predicted molar refractivity (Wildman–Crippen MR) is 73.1 cm³/mol. The van der Waals surface area contributed by atoms with Crippen LogP contribution >= 0.6 is 11.8 Å². The number of hydrogen-bond acceptors (Lipinski definition) is 4. The molecular weight excluding hydrogens is 251 g/mol. The minimum atomic E-state index is -0.353. The van der Waals surface area contributed by atoms with Crippen molar-refractivity contribution in [2.45, 2.75) is 23.5 Å². The molecule has 3 nitrogen and oxygen atoms in total. The van der Waals surface area contributed by atoms with Crippen molar-refractivity contribution in [3.63, 3.8) is 0 Å². The molecule has 3 N–H and O–H groups in total. The van der Waals surface area contributed by atoms with Gasteiger partial charge in [0.25, 0.3) is 0 Å². The van der Waals surface area contributed by atoms with Crippen LogP contribution in [0.3, 0.4) is 0 Å². The molecule has 1 aromatic heterocycles. The summed E-state index contributed by atoms with van der Waals surface area (Å²) in [6, 6.07) is 4.94. The van der Waals surface area contributed by atoms with Gasteiger partial charge in [0, 0.05) is 29.1 Å². The number of nitrogens with zero attached hydrogens (tertiary/aromatic N) is 1. The van der Waals surface area contributed by atoms with Crippen LogP contribution in [0.4, 0.5) is 10.1 Å². The van der Waals surface area contributed by atoms with Gasteiger partial charge in [0.05, 0.1) is 10.4 Å². The molecule has 1 aromatic carbocycles. The van der Waals surface area contributed by atoms with Crippen LogP contribution in [0.25, 0.3) is 10.9 Å². The molecule has 0 bridgehead atoms. The number of aliphatic hydroxyl groups excluding tert-OH is 1. The van der Waals surface area contributed by atoms with Gasteiger partial charge < -0.3 is 10.8 Å². The van der Waals surface area contributed by atoms with Gasteiger partial charge in [0.1, 0.15) is 5.82 Å². The molecule has 0 spiro atoms. The molecule has 0 fully saturated rings. The molecule has 96 valence electrons. The highest BCUT2D eigenvalue weighted by molar-refractivity contribution is 8.00. The van der Waals surface area contributed by atoms with Gasteiger partial charge in [0.2, 0.25) is 0 Å². The van der Waals surface area contributed by atoms with Crippen molar-refractivity contribution in [1.82, 2.24) is 4.98 Å². The van der Waals surface area contributed by atoms with Crippen LogP contribution in [0.5, 0.6) is 0 Å². The molecular formula is C13H15FN2OS. The molecule has 1 heterocycles. The van der Waals surface area contributed by atoms with Crippen LogP contribution in [-0.4, -0.2) is 21.9 Å². The second kappa shape index (κ2) is 5.54. The number of anilines is 1. The Morgan fingerprint density at radius 2 is 2.33 bits per heavy atom. The summed E-state index contributed by atoms with van der Waals surface area (Å²) in [7, 11) is 0. The Bertz CT molecular complexity index is 562. The van der Waals surface area contributed by atoms with Gasteiger partial charge >= 0.3 is 0 Å². The SMILES string of the molecule is CC(CCO)Sc1c(F)cc(N)c2cccnc12. The summed E-state index contributed by atoms with van der Waals surface area (Å²) in [6.45, 7) is 2.04. The van der Waals surface area contributed by atoms with Crippen LogP contribution < -0.4 is 5.73 Å². The third kappa shape index (κ3) is 2.57. The first-order valence-corrected chi connectivity index (χ1v) is 6.61. The number of thioether (sulfide) groups is 1. The number of rotatable bonds is 4. The van der Waals surface area contributed by atoms with E-state index in [4.69, 9.17) is 10.8 Å². The lowest BCUT2D eigenvalue weighted by Crippen LogP contribution is -2.01. The maximum Gasteiger partial charge on any atom is 0.141 e. The lowest BCUT2D eigenvalue weighted by atomic mass is 10.2. The van der Waals surface area contributed by atoms with Crippen molar-refractivity contribution in [2.75, 3.05) is 12.3 Å². The molecule has 0 aliphatic carbocycles. The Morgan fingerprint density at radius 1 is 1.56 bits per heavy atom. The fourth-order valence-electron chi connectivity index (χ4n) is 1.77. The van der Waals surface area contributed by atoms with Gasteiger partial charge in [-0.25, -0.2) is 4.39 Å². The Labute approximate surface area is 109 Å². The largest absolute Gasteiger partial charge is 0.398 e. The fourth-order valence-corrected chi connectivity index (χ4v) is 2.84. The first-order valence-electron chi connectivity index (χ1n) is 5.73. The van der Waals surface area contributed by atoms with E-state index >= 15 is 0 Å². The predicted octanol–water partition coefficient (Wildman–Crippen LogP) is 2.82. The molecule has 0 aliphatic heterocycles. The van der Waals surface area contributed by atoms with E-state index in [2.05, 4.69) is 4.98 Å². The summed E-state index contributed by atoms with van der Waals surface area (Å²) < 4.78 is 14.0. The lowest BCUT2D eigenvalue weighted by Gasteiger charge is -2.13. The highest BCUT2D eigenvalue weighted by Crippen LogP contribution is 2.35. The van der Waals surface area contributed by atoms with Crippen LogP contribution in [0, 0.1) is 5.82 Å². The van der Waals surface area contributed by atoms with Crippen molar-refractivity contribution in [1.29, 1.82) is 0 Å². The zero-order valence-electron chi connectivity index (χ0n) is 10.1. The second-order valence-electron chi connectivity index (χ2n) is 4.12. The number of fused-ring (bicyclic) bond motifs is 1. The van der Waals surface area contributed by atoms with Gasteiger partial charge in [-0.05, 0) is 24.6 Å². The van der Waals surface area contributed by atoms with Gasteiger partial charge in [-0.1, -0.05) is 6.92 Å². The Balaban J connectivity index is 2.49. The summed E-state index contributed by atoms with van der Waals surface area (Å²) in [6.07, 6.45) is 2.24. The Kier molecular flexibility index (Phi) is 4.04. The normalized spacial score (nSPS) is 12.8. The van der Waals surface area contributed by atoms with E-state index in [-0.39, 0.29) is 17.7 Å². The number of pyridine rings is 1. The number of hydrogen-bond donors (Lipinski definition) is 2. The summed E-state index contributed by atoms with van der Waals surface area (Å²) in [5, 5.41) is 9.78. The number of halogens is 1. The minimum Gasteiger partial charge on any atom is -0.398 e. The zero-order valence-corrected chi connectivity index (χ0v) is 10.9. The van der Waals surface area contributed by atoms with Gasteiger partial charge in [-0.2, -0.15) is 0 Å². The van der Waals surface area contributed by atoms with Crippen LogP contribution in [0.2, 0.25) is 0 Å². The van der Waals surface area contributed by atoms with Crippen LogP contribution in [-0.2, 0) is 0 Å². The van der Waals surface area contributed by atoms with Crippen LogP contribution in [0.15, 0.2) is 29.3 Å². The average molecular weight is 266 g/mol. The second-order valence-corrected chi connectivity index (χ2v) is 5.57. The smallest absolute Gasteiger partial charge is 0.141 e. The molecule has 2 aromatic rings. The number of benzene rings is 1. The van der Waals surface area contributed by atoms with Crippen molar-refractivity contribution in [2.24, 2.45) is 0 Å². The van der Waals surface area contributed by atoms with E-state index < -0.39 is 0 Å². The molecule has 1 unspecified atom stereocenters. The number of aliphatic hydroxyl groups is 1. The summed E-state index contributed by atoms with van der Waals surface area (Å²) in [4.78, 5) is 4.71. The standard InChI is InChI=1S/C13H15FN2OS/c1-8(4-6-17)18-13-10(14)7-11(15)9-3-2-5-16-12(9)13/h2-3,5,7-8,17H,4,6,15H2,1H3. The lowest BCUT2D eigenvalue weighted by molar-refractivity contribution is 0.289. The van der Waals surface area contributed by atoms with E-state index in [0.717, 1.165) is 5.39 Å². The highest BCUT2D eigenvalue weighted by atomic mass is 32.2. The topological polar surface area (TPSA) is 59.1 Å². The van der Waals surface area contributed by atoms with Gasteiger partial charge in [-0.15, -0.1) is 11.8 Å². The minimum absolute atomic E-state index is 0.0934. The molecule has 0 aliphatic rings. The quantitative estimate of drug-likeness (QED) is 0.660. The van der Waals surface area contributed by atoms with E-state index in [9.17, 15) is 4.39 Å². The van der Waals surface area contributed by atoms with Crippen LogP contribution in [0.1, 0.15) is 13.3 Å². The monoisotopic (exact) mass is 266 g/mol. The average Bonchev–Trinajstić information content (AvgIpc) is 2.35. The van der Waals surface area contributed by atoms with Crippen molar-refractivity contribution in [3.05, 3.63) is 30.2 Å². The van der Waals surface area contributed by atoms with E-state index in [1.54, 1.807) is 12.3 Å². The maximum atomic E-state index is 14.0. The highest BCUT2D eigenvalue weighted by Gasteiger charge is 2.15. The third-order valence-corrected chi connectivity index (χ3v) is 3.95. The number of aromatic nitrogens is 1. The molecule has 18 heavy (non-hydrogen) atoms. The molecule has 5 heteroatoms. The van der Waals surface area contributed by atoms with Crippen molar-refractivity contribution in [3.8, 4) is 0 Å². The van der Waals surface area contributed by atoms with E-state index in [1.807, 2.05) is 13.0 Å². The summed E-state index contributed by atoms with van der Waals surface area (Å²) in [5.41, 5.74) is 6.77. The first-order chi connectivity index (χ1) is 8.63. The first kappa shape index (κ1) is 13.1. The number of nitrogens with two attached hydrogens (primary N) is 1. The molecule has 1 atom stereocenters. The summed E-state index contributed by atoms with van der Waals surface area (Å²) >= 11 is 1.38. The molecule has 2 rings (SSSR count). The van der Waals surface area contributed by atoms with E-state index in [0.29, 0.717) is 22.5 Å².